The van der Waals surface area contributed by atoms with Gasteiger partial charge in [-0.3, -0.25) is 13.9 Å². The molecule has 0 aliphatic carbocycles. The summed E-state index contributed by atoms with van der Waals surface area (Å²) < 4.78 is 39.6. The van der Waals surface area contributed by atoms with E-state index < -0.39 is 34.3 Å². The molecule has 0 heterocycles. The molecule has 0 saturated heterocycles. The third-order valence-corrected chi connectivity index (χ3v) is 6.50. The molecular weight excluding hydrogens is 481 g/mol. The fraction of sp³-hybridized carbons (Fsp3) is 0.417. The summed E-state index contributed by atoms with van der Waals surface area (Å²) in [5.74, 6) is -1.32. The van der Waals surface area contributed by atoms with Crippen LogP contribution in [0.3, 0.4) is 0 Å². The van der Waals surface area contributed by atoms with Gasteiger partial charge in [-0.25, -0.2) is 12.8 Å². The molecule has 186 valence electrons. The quantitative estimate of drug-likeness (QED) is 0.497. The van der Waals surface area contributed by atoms with Crippen LogP contribution in [-0.2, 0) is 26.2 Å². The van der Waals surface area contributed by atoms with E-state index in [4.69, 9.17) is 11.6 Å². The number of amides is 2. The lowest BCUT2D eigenvalue weighted by Gasteiger charge is -2.33. The molecule has 0 radical (unpaired) electrons. The van der Waals surface area contributed by atoms with Gasteiger partial charge in [-0.15, -0.1) is 0 Å². The second kappa shape index (κ2) is 12.2. The van der Waals surface area contributed by atoms with Crippen molar-refractivity contribution in [2.45, 2.75) is 39.8 Å². The van der Waals surface area contributed by atoms with E-state index in [1.165, 1.54) is 23.1 Å². The van der Waals surface area contributed by atoms with Gasteiger partial charge in [-0.05, 0) is 48.2 Å². The smallest absolute Gasteiger partial charge is 0.244 e. The van der Waals surface area contributed by atoms with Crippen molar-refractivity contribution < 1.29 is 22.4 Å². The molecule has 10 heteroatoms. The standard InChI is InChI=1S/C24H31ClFN3O4S/c1-5-22(24(31)27-14-17(2)3)28(15-18-9-11-19(25)12-10-18)23(30)16-29(34(4,32)33)21-8-6-7-20(26)13-21/h6-13,17,22H,5,14-16H2,1-4H3,(H,27,31)/t22-/m1/s1. The van der Waals surface area contributed by atoms with E-state index in [2.05, 4.69) is 5.32 Å². The van der Waals surface area contributed by atoms with Crippen LogP contribution in [0.2, 0.25) is 5.02 Å². The van der Waals surface area contributed by atoms with Gasteiger partial charge in [0.25, 0.3) is 0 Å². The number of benzene rings is 2. The van der Waals surface area contributed by atoms with E-state index in [-0.39, 0.29) is 24.1 Å². The van der Waals surface area contributed by atoms with Crippen molar-refractivity contribution >= 4 is 39.1 Å². The molecule has 0 aromatic heterocycles. The molecule has 2 rings (SSSR count). The first-order valence-electron chi connectivity index (χ1n) is 11.0. The minimum Gasteiger partial charge on any atom is -0.354 e. The molecule has 0 unspecified atom stereocenters. The van der Waals surface area contributed by atoms with Crippen LogP contribution >= 0.6 is 11.6 Å². The second-order valence-corrected chi connectivity index (χ2v) is 10.8. The third kappa shape index (κ3) is 7.99. The Balaban J connectivity index is 2.41. The van der Waals surface area contributed by atoms with Gasteiger partial charge in [0.05, 0.1) is 11.9 Å². The van der Waals surface area contributed by atoms with E-state index in [1.807, 2.05) is 13.8 Å². The highest BCUT2D eigenvalue weighted by Gasteiger charge is 2.31. The Bertz CT molecular complexity index is 1090. The summed E-state index contributed by atoms with van der Waals surface area (Å²) in [6.07, 6.45) is 1.27. The summed E-state index contributed by atoms with van der Waals surface area (Å²) in [6.45, 7) is 5.63. The topological polar surface area (TPSA) is 86.8 Å². The van der Waals surface area contributed by atoms with Crippen molar-refractivity contribution in [3.8, 4) is 0 Å². The Labute approximate surface area is 205 Å². The number of rotatable bonds is 11. The molecule has 0 fully saturated rings. The Morgan fingerprint density at radius 2 is 1.76 bits per heavy atom. The number of halogens is 2. The molecule has 34 heavy (non-hydrogen) atoms. The molecule has 0 aliphatic rings. The van der Waals surface area contributed by atoms with Gasteiger partial charge < -0.3 is 10.2 Å². The number of nitrogens with one attached hydrogen (secondary N) is 1. The third-order valence-electron chi connectivity index (χ3n) is 5.11. The van der Waals surface area contributed by atoms with Crippen LogP contribution in [0.25, 0.3) is 0 Å². The number of hydrogen-bond donors (Lipinski definition) is 1. The van der Waals surface area contributed by atoms with Crippen molar-refractivity contribution in [2.75, 3.05) is 23.7 Å². The predicted octanol–water partition coefficient (Wildman–Crippen LogP) is 3.82. The van der Waals surface area contributed by atoms with E-state index in [0.717, 1.165) is 22.2 Å². The summed E-state index contributed by atoms with van der Waals surface area (Å²) >= 11 is 5.97. The number of hydrogen-bond acceptors (Lipinski definition) is 4. The first kappa shape index (κ1) is 27.6. The van der Waals surface area contributed by atoms with Crippen LogP contribution in [0.5, 0.6) is 0 Å². The number of sulfonamides is 1. The lowest BCUT2D eigenvalue weighted by molar-refractivity contribution is -0.140. The minimum absolute atomic E-state index is 0.0274. The predicted molar refractivity (Wildman–Crippen MR) is 133 cm³/mol. The Kier molecular flexibility index (Phi) is 9.88. The van der Waals surface area contributed by atoms with Crippen LogP contribution in [-0.4, -0.2) is 50.5 Å². The average molecular weight is 512 g/mol. The lowest BCUT2D eigenvalue weighted by Crippen LogP contribution is -2.52. The van der Waals surface area contributed by atoms with Gasteiger partial charge in [-0.2, -0.15) is 0 Å². The summed E-state index contributed by atoms with van der Waals surface area (Å²) in [5.41, 5.74) is 0.754. The summed E-state index contributed by atoms with van der Waals surface area (Å²) in [6, 6.07) is 11.0. The summed E-state index contributed by atoms with van der Waals surface area (Å²) in [4.78, 5) is 27.8. The van der Waals surface area contributed by atoms with Gasteiger partial charge >= 0.3 is 0 Å². The molecule has 1 atom stereocenters. The van der Waals surface area contributed by atoms with E-state index in [9.17, 15) is 22.4 Å². The number of carbonyl (C=O) groups excluding carboxylic acids is 2. The van der Waals surface area contributed by atoms with Gasteiger partial charge in [0.15, 0.2) is 0 Å². The number of carbonyl (C=O) groups is 2. The molecule has 0 saturated carbocycles. The summed E-state index contributed by atoms with van der Waals surface area (Å²) in [7, 11) is -3.91. The molecule has 2 amide bonds. The van der Waals surface area contributed by atoms with Crippen LogP contribution in [0, 0.1) is 11.7 Å². The highest BCUT2D eigenvalue weighted by atomic mass is 35.5. The van der Waals surface area contributed by atoms with Crippen LogP contribution in [0.15, 0.2) is 48.5 Å². The largest absolute Gasteiger partial charge is 0.354 e. The van der Waals surface area contributed by atoms with E-state index >= 15 is 0 Å². The highest BCUT2D eigenvalue weighted by molar-refractivity contribution is 7.92. The van der Waals surface area contributed by atoms with Crippen molar-refractivity contribution in [1.82, 2.24) is 10.2 Å². The molecular formula is C24H31ClFN3O4S. The molecule has 2 aromatic rings. The minimum atomic E-state index is -3.91. The van der Waals surface area contributed by atoms with Gasteiger partial charge in [0.1, 0.15) is 18.4 Å². The Morgan fingerprint density at radius 1 is 1.12 bits per heavy atom. The van der Waals surface area contributed by atoms with E-state index in [1.54, 1.807) is 31.2 Å². The second-order valence-electron chi connectivity index (χ2n) is 8.46. The van der Waals surface area contributed by atoms with Crippen molar-refractivity contribution in [3.05, 3.63) is 64.9 Å². The number of nitrogens with zero attached hydrogens (tertiary/aromatic N) is 2. The molecule has 7 nitrogen and oxygen atoms in total. The van der Waals surface area contributed by atoms with Gasteiger partial charge in [0, 0.05) is 18.1 Å². The first-order chi connectivity index (χ1) is 15.9. The van der Waals surface area contributed by atoms with Crippen molar-refractivity contribution in [3.63, 3.8) is 0 Å². The number of anilines is 1. The zero-order chi connectivity index (χ0) is 25.5. The molecule has 0 bridgehead atoms. The van der Waals surface area contributed by atoms with Gasteiger partial charge in [0.2, 0.25) is 21.8 Å². The Morgan fingerprint density at radius 3 is 2.29 bits per heavy atom. The maximum Gasteiger partial charge on any atom is 0.244 e. The molecule has 1 N–H and O–H groups in total. The fourth-order valence-corrected chi connectivity index (χ4v) is 4.34. The lowest BCUT2D eigenvalue weighted by atomic mass is 10.1. The maximum absolute atomic E-state index is 13.8. The normalized spacial score (nSPS) is 12.3. The maximum atomic E-state index is 13.8. The van der Waals surface area contributed by atoms with Gasteiger partial charge in [-0.1, -0.05) is 50.6 Å². The molecule has 0 spiro atoms. The van der Waals surface area contributed by atoms with Crippen LogP contribution in [0.1, 0.15) is 32.8 Å². The zero-order valence-electron chi connectivity index (χ0n) is 19.8. The zero-order valence-corrected chi connectivity index (χ0v) is 21.4. The monoisotopic (exact) mass is 511 g/mol. The highest BCUT2D eigenvalue weighted by Crippen LogP contribution is 2.21. The first-order valence-corrected chi connectivity index (χ1v) is 13.2. The van der Waals surface area contributed by atoms with Crippen molar-refractivity contribution in [1.29, 1.82) is 0 Å². The van der Waals surface area contributed by atoms with Crippen LogP contribution in [0.4, 0.5) is 10.1 Å². The molecule has 2 aromatic carbocycles. The average Bonchev–Trinajstić information content (AvgIpc) is 2.76. The summed E-state index contributed by atoms with van der Waals surface area (Å²) in [5, 5.41) is 3.38. The fourth-order valence-electron chi connectivity index (χ4n) is 3.37. The van der Waals surface area contributed by atoms with Crippen LogP contribution < -0.4 is 9.62 Å². The SMILES string of the molecule is CC[C@H](C(=O)NCC(C)C)N(Cc1ccc(Cl)cc1)C(=O)CN(c1cccc(F)c1)S(C)(=O)=O. The van der Waals surface area contributed by atoms with E-state index in [0.29, 0.717) is 18.0 Å². The molecule has 0 aliphatic heterocycles. The Hall–Kier alpha value is -2.65. The van der Waals surface area contributed by atoms with Crippen molar-refractivity contribution in [2.24, 2.45) is 5.92 Å².